The van der Waals surface area contributed by atoms with Crippen molar-refractivity contribution in [3.05, 3.63) is 34.4 Å². The fourth-order valence-corrected chi connectivity index (χ4v) is 2.19. The Morgan fingerprint density at radius 1 is 1.33 bits per heavy atom. The van der Waals surface area contributed by atoms with Crippen LogP contribution >= 0.6 is 12.4 Å². The topological polar surface area (TPSA) is 98.7 Å². The lowest BCUT2D eigenvalue weighted by atomic mass is 10.1. The number of ether oxygens (including phenoxy) is 1. The molecular formula is C13H18ClN3O4. The van der Waals surface area contributed by atoms with E-state index in [-0.39, 0.29) is 36.7 Å². The van der Waals surface area contributed by atoms with Crippen LogP contribution in [-0.2, 0) is 4.79 Å². The number of piperidine rings is 1. The smallest absolute Gasteiger partial charge is 0.269 e. The third kappa shape index (κ3) is 4.57. The minimum Gasteiger partial charge on any atom is -0.490 e. The van der Waals surface area contributed by atoms with Crippen LogP contribution in [0.2, 0.25) is 0 Å². The van der Waals surface area contributed by atoms with E-state index in [0.29, 0.717) is 18.8 Å². The molecule has 0 bridgehead atoms. The number of nitrogens with zero attached hydrogens (tertiary/aromatic N) is 2. The quantitative estimate of drug-likeness (QED) is 0.668. The van der Waals surface area contributed by atoms with Gasteiger partial charge in [0.2, 0.25) is 5.91 Å². The predicted molar refractivity (Wildman–Crippen MR) is 79.6 cm³/mol. The van der Waals surface area contributed by atoms with E-state index in [1.54, 1.807) is 17.0 Å². The first kappa shape index (κ1) is 17.2. The first-order valence-corrected chi connectivity index (χ1v) is 6.49. The SMILES string of the molecule is Cl.NCC(=O)N1CCC(Oc2ccc([N+](=O)[O-])cc2)CC1. The van der Waals surface area contributed by atoms with Gasteiger partial charge < -0.3 is 15.4 Å². The van der Waals surface area contributed by atoms with Crippen molar-refractivity contribution in [2.45, 2.75) is 18.9 Å². The van der Waals surface area contributed by atoms with Gasteiger partial charge in [0.05, 0.1) is 11.5 Å². The molecule has 0 unspecified atom stereocenters. The number of hydrogen-bond donors (Lipinski definition) is 1. The number of rotatable bonds is 4. The summed E-state index contributed by atoms with van der Waals surface area (Å²) < 4.78 is 5.76. The lowest BCUT2D eigenvalue weighted by molar-refractivity contribution is -0.384. The molecule has 1 amide bonds. The van der Waals surface area contributed by atoms with Crippen LogP contribution in [0.4, 0.5) is 5.69 Å². The summed E-state index contributed by atoms with van der Waals surface area (Å²) in [5.74, 6) is 0.568. The van der Waals surface area contributed by atoms with Crippen LogP contribution in [0.25, 0.3) is 0 Å². The number of nitro benzene ring substituents is 1. The molecule has 1 fully saturated rings. The Kier molecular flexibility index (Phi) is 6.39. The van der Waals surface area contributed by atoms with Crippen LogP contribution in [0, 0.1) is 10.1 Å². The molecule has 0 radical (unpaired) electrons. The van der Waals surface area contributed by atoms with Gasteiger partial charge in [-0.3, -0.25) is 14.9 Å². The number of likely N-dealkylation sites (tertiary alicyclic amines) is 1. The second-order valence-electron chi connectivity index (χ2n) is 4.65. The van der Waals surface area contributed by atoms with Gasteiger partial charge >= 0.3 is 0 Å². The molecule has 0 atom stereocenters. The molecule has 0 aromatic heterocycles. The third-order valence-corrected chi connectivity index (χ3v) is 3.32. The molecule has 1 aliphatic rings. The molecule has 21 heavy (non-hydrogen) atoms. The molecule has 116 valence electrons. The molecule has 7 nitrogen and oxygen atoms in total. The Morgan fingerprint density at radius 2 is 1.90 bits per heavy atom. The number of nitro groups is 1. The van der Waals surface area contributed by atoms with Crippen molar-refractivity contribution in [2.75, 3.05) is 19.6 Å². The maximum absolute atomic E-state index is 11.4. The van der Waals surface area contributed by atoms with Crippen molar-refractivity contribution in [3.8, 4) is 5.75 Å². The number of hydrogen-bond acceptors (Lipinski definition) is 5. The molecule has 2 N–H and O–H groups in total. The first-order valence-electron chi connectivity index (χ1n) is 6.49. The molecule has 0 saturated carbocycles. The van der Waals surface area contributed by atoms with E-state index in [1.807, 2.05) is 0 Å². The van der Waals surface area contributed by atoms with Crippen molar-refractivity contribution in [2.24, 2.45) is 5.73 Å². The van der Waals surface area contributed by atoms with Gasteiger partial charge in [0.15, 0.2) is 0 Å². The highest BCUT2D eigenvalue weighted by molar-refractivity contribution is 5.85. The summed E-state index contributed by atoms with van der Waals surface area (Å²) >= 11 is 0. The zero-order chi connectivity index (χ0) is 14.5. The molecule has 0 spiro atoms. The van der Waals surface area contributed by atoms with Crippen LogP contribution in [0.15, 0.2) is 24.3 Å². The minimum atomic E-state index is -0.444. The average Bonchev–Trinajstić information content (AvgIpc) is 2.48. The Hall–Kier alpha value is -1.86. The summed E-state index contributed by atoms with van der Waals surface area (Å²) in [6.07, 6.45) is 1.50. The highest BCUT2D eigenvalue weighted by atomic mass is 35.5. The first-order chi connectivity index (χ1) is 9.60. The number of carbonyl (C=O) groups is 1. The van der Waals surface area contributed by atoms with E-state index in [1.165, 1.54) is 12.1 Å². The van der Waals surface area contributed by atoms with Gasteiger partial charge in [-0.05, 0) is 12.1 Å². The van der Waals surface area contributed by atoms with E-state index in [4.69, 9.17) is 10.5 Å². The number of carbonyl (C=O) groups excluding carboxylic acids is 1. The van der Waals surface area contributed by atoms with E-state index < -0.39 is 4.92 Å². The van der Waals surface area contributed by atoms with Gasteiger partial charge in [-0.25, -0.2) is 0 Å². The standard InChI is InChI=1S/C13H17N3O4.ClH/c14-9-13(17)15-7-5-12(6-8-15)20-11-3-1-10(2-4-11)16(18)19;/h1-4,12H,5-9,14H2;1H. The molecule has 1 aromatic rings. The van der Waals surface area contributed by atoms with Gasteiger partial charge in [-0.1, -0.05) is 0 Å². The summed E-state index contributed by atoms with van der Waals surface area (Å²) in [6, 6.07) is 6.02. The summed E-state index contributed by atoms with van der Waals surface area (Å²) in [4.78, 5) is 23.3. The normalized spacial score (nSPS) is 15.2. The van der Waals surface area contributed by atoms with Gasteiger partial charge in [-0.2, -0.15) is 0 Å². The highest BCUT2D eigenvalue weighted by Gasteiger charge is 2.23. The van der Waals surface area contributed by atoms with Gasteiger partial charge in [0.1, 0.15) is 11.9 Å². The maximum Gasteiger partial charge on any atom is 0.269 e. The molecule has 8 heteroatoms. The fraction of sp³-hybridized carbons (Fsp3) is 0.462. The van der Waals surface area contributed by atoms with E-state index in [2.05, 4.69) is 0 Å². The van der Waals surface area contributed by atoms with Gasteiger partial charge in [0.25, 0.3) is 5.69 Å². The number of non-ortho nitro benzene ring substituents is 1. The molecule has 0 aliphatic carbocycles. The molecule has 1 aromatic carbocycles. The summed E-state index contributed by atoms with van der Waals surface area (Å²) in [5, 5.41) is 10.5. The Balaban J connectivity index is 0.00000220. The van der Waals surface area contributed by atoms with Gasteiger partial charge in [-0.15, -0.1) is 12.4 Å². The Bertz CT molecular complexity index is 487. The van der Waals surface area contributed by atoms with Crippen LogP contribution in [0.3, 0.4) is 0 Å². The fourth-order valence-electron chi connectivity index (χ4n) is 2.19. The van der Waals surface area contributed by atoms with E-state index >= 15 is 0 Å². The zero-order valence-corrected chi connectivity index (χ0v) is 12.3. The lowest BCUT2D eigenvalue weighted by Crippen LogP contribution is -2.44. The molecule has 1 aliphatic heterocycles. The lowest BCUT2D eigenvalue weighted by Gasteiger charge is -2.31. The number of halogens is 1. The van der Waals surface area contributed by atoms with Crippen LogP contribution in [0.1, 0.15) is 12.8 Å². The second kappa shape index (κ2) is 7.80. The van der Waals surface area contributed by atoms with Crippen LogP contribution < -0.4 is 10.5 Å². The van der Waals surface area contributed by atoms with Crippen molar-refractivity contribution < 1.29 is 14.5 Å². The number of amides is 1. The second-order valence-corrected chi connectivity index (χ2v) is 4.65. The maximum atomic E-state index is 11.4. The molecule has 1 saturated heterocycles. The Labute approximate surface area is 128 Å². The highest BCUT2D eigenvalue weighted by Crippen LogP contribution is 2.21. The Morgan fingerprint density at radius 3 is 2.38 bits per heavy atom. The molecule has 2 rings (SSSR count). The van der Waals surface area contributed by atoms with Crippen molar-refractivity contribution >= 4 is 24.0 Å². The van der Waals surface area contributed by atoms with Gasteiger partial charge in [0, 0.05) is 38.1 Å². The molecule has 1 heterocycles. The van der Waals surface area contributed by atoms with Crippen molar-refractivity contribution in [1.82, 2.24) is 4.90 Å². The number of nitrogens with two attached hydrogens (primary N) is 1. The third-order valence-electron chi connectivity index (χ3n) is 3.32. The summed E-state index contributed by atoms with van der Waals surface area (Å²) in [6.45, 7) is 1.30. The monoisotopic (exact) mass is 315 g/mol. The van der Waals surface area contributed by atoms with Crippen LogP contribution in [-0.4, -0.2) is 41.5 Å². The average molecular weight is 316 g/mol. The number of benzene rings is 1. The van der Waals surface area contributed by atoms with E-state index in [0.717, 1.165) is 12.8 Å². The van der Waals surface area contributed by atoms with E-state index in [9.17, 15) is 14.9 Å². The van der Waals surface area contributed by atoms with Crippen LogP contribution in [0.5, 0.6) is 5.75 Å². The predicted octanol–water partition coefficient (Wildman–Crippen LogP) is 1.35. The minimum absolute atomic E-state index is 0. The summed E-state index contributed by atoms with van der Waals surface area (Å²) in [5.41, 5.74) is 5.36. The van der Waals surface area contributed by atoms with Crippen molar-refractivity contribution in [1.29, 1.82) is 0 Å². The van der Waals surface area contributed by atoms with Crippen molar-refractivity contribution in [3.63, 3.8) is 0 Å². The summed E-state index contributed by atoms with van der Waals surface area (Å²) in [7, 11) is 0. The molecular weight excluding hydrogens is 298 g/mol. The largest absolute Gasteiger partial charge is 0.490 e. The zero-order valence-electron chi connectivity index (χ0n) is 11.4.